The molecule has 2 atom stereocenters. The van der Waals surface area contributed by atoms with Gasteiger partial charge < -0.3 is 10.1 Å². The van der Waals surface area contributed by atoms with Gasteiger partial charge in [0.25, 0.3) is 0 Å². The summed E-state index contributed by atoms with van der Waals surface area (Å²) in [6, 6.07) is -0.273. The zero-order valence-corrected chi connectivity index (χ0v) is 14.2. The first-order valence-electron chi connectivity index (χ1n) is 7.51. The number of nitrogens with zero attached hydrogens (tertiary/aromatic N) is 4. The fraction of sp³-hybridized carbons (Fsp3) is 0.571. The molecule has 2 unspecified atom stereocenters. The van der Waals surface area contributed by atoms with Gasteiger partial charge in [0.05, 0.1) is 12.6 Å². The number of aromatic nitrogens is 4. The Morgan fingerprint density at radius 3 is 3.04 bits per heavy atom. The van der Waals surface area contributed by atoms with Gasteiger partial charge in [0.1, 0.15) is 11.9 Å². The summed E-state index contributed by atoms with van der Waals surface area (Å²) in [6.45, 7) is 7.53. The molecular weight excluding hydrogens is 316 g/mol. The molecule has 0 radical (unpaired) electrons. The number of aromatic amines is 1. The molecule has 0 spiro atoms. The zero-order valence-electron chi connectivity index (χ0n) is 13.4. The second-order valence-corrected chi connectivity index (χ2v) is 6.81. The Hall–Kier alpha value is -1.84. The van der Waals surface area contributed by atoms with Gasteiger partial charge in [-0.2, -0.15) is 5.10 Å². The number of anilines is 1. The number of hydrogen-bond donors (Lipinski definition) is 2. The van der Waals surface area contributed by atoms with E-state index in [0.717, 1.165) is 10.7 Å². The molecule has 1 amide bonds. The highest BCUT2D eigenvalue weighted by Gasteiger charge is 2.30. The molecular formula is C14H20N6O2S. The quantitative estimate of drug-likeness (QED) is 0.873. The third-order valence-corrected chi connectivity index (χ3v) is 4.61. The lowest BCUT2D eigenvalue weighted by atomic mass is 10.2. The Morgan fingerprint density at radius 2 is 2.39 bits per heavy atom. The molecule has 9 heteroatoms. The van der Waals surface area contributed by atoms with Gasteiger partial charge in [-0.25, -0.2) is 9.97 Å². The first kappa shape index (κ1) is 16.0. The van der Waals surface area contributed by atoms with Gasteiger partial charge in [0.15, 0.2) is 11.0 Å². The van der Waals surface area contributed by atoms with Crippen LogP contribution in [0.5, 0.6) is 0 Å². The normalized spacial score (nSPS) is 20.4. The maximum atomic E-state index is 12.4. The lowest BCUT2D eigenvalue weighted by Crippen LogP contribution is -2.48. The van der Waals surface area contributed by atoms with Crippen LogP contribution in [-0.4, -0.2) is 56.7 Å². The second kappa shape index (κ2) is 6.73. The highest BCUT2D eigenvalue weighted by molar-refractivity contribution is 7.15. The average Bonchev–Trinajstić information content (AvgIpc) is 3.15. The number of thiazole rings is 1. The molecule has 1 aliphatic heterocycles. The summed E-state index contributed by atoms with van der Waals surface area (Å²) in [5, 5.41) is 10.5. The van der Waals surface area contributed by atoms with Crippen molar-refractivity contribution in [2.75, 3.05) is 25.0 Å². The van der Waals surface area contributed by atoms with E-state index in [9.17, 15) is 4.79 Å². The van der Waals surface area contributed by atoms with E-state index in [2.05, 4.69) is 30.4 Å². The van der Waals surface area contributed by atoms with Crippen LogP contribution in [0.25, 0.3) is 0 Å². The van der Waals surface area contributed by atoms with Gasteiger partial charge >= 0.3 is 0 Å². The van der Waals surface area contributed by atoms with E-state index in [4.69, 9.17) is 4.74 Å². The molecule has 0 aromatic carbocycles. The summed E-state index contributed by atoms with van der Waals surface area (Å²) in [7, 11) is 0. The van der Waals surface area contributed by atoms with E-state index in [1.807, 2.05) is 20.8 Å². The lowest BCUT2D eigenvalue weighted by molar-refractivity contribution is -0.124. The number of amides is 1. The van der Waals surface area contributed by atoms with Crippen LogP contribution in [0, 0.1) is 13.8 Å². The average molecular weight is 336 g/mol. The number of nitrogens with one attached hydrogen (secondary N) is 2. The molecule has 1 aliphatic rings. The molecule has 0 bridgehead atoms. The number of morpholine rings is 1. The van der Waals surface area contributed by atoms with Crippen molar-refractivity contribution in [3.8, 4) is 0 Å². The van der Waals surface area contributed by atoms with Crippen molar-refractivity contribution in [2.45, 2.75) is 32.9 Å². The summed E-state index contributed by atoms with van der Waals surface area (Å²) in [6.07, 6.45) is 1.53. The second-order valence-electron chi connectivity index (χ2n) is 5.57. The summed E-state index contributed by atoms with van der Waals surface area (Å²) < 4.78 is 5.73. The van der Waals surface area contributed by atoms with Crippen LogP contribution < -0.4 is 5.32 Å². The van der Waals surface area contributed by atoms with Crippen LogP contribution in [0.3, 0.4) is 0 Å². The van der Waals surface area contributed by atoms with Gasteiger partial charge in [-0.05, 0) is 20.8 Å². The van der Waals surface area contributed by atoms with Crippen molar-refractivity contribution in [1.29, 1.82) is 0 Å². The molecule has 0 saturated carbocycles. The number of hydrogen-bond acceptors (Lipinski definition) is 7. The number of carbonyl (C=O) groups is 1. The SMILES string of the molecule is Cc1nc(C2CN(C(C)C(=O)Nc3ncc(C)s3)CCO2)n[nH]1. The molecule has 8 nitrogen and oxygen atoms in total. The molecule has 23 heavy (non-hydrogen) atoms. The van der Waals surface area contributed by atoms with Crippen molar-refractivity contribution in [3.05, 3.63) is 22.7 Å². The highest BCUT2D eigenvalue weighted by Crippen LogP contribution is 2.22. The maximum absolute atomic E-state index is 12.4. The molecule has 3 heterocycles. The first-order valence-corrected chi connectivity index (χ1v) is 8.32. The van der Waals surface area contributed by atoms with Crippen LogP contribution in [0.2, 0.25) is 0 Å². The Morgan fingerprint density at radius 1 is 1.57 bits per heavy atom. The van der Waals surface area contributed by atoms with Crippen LogP contribution in [0.4, 0.5) is 5.13 Å². The Balaban J connectivity index is 1.62. The third-order valence-electron chi connectivity index (χ3n) is 3.78. The van der Waals surface area contributed by atoms with Crippen molar-refractivity contribution in [3.63, 3.8) is 0 Å². The predicted molar refractivity (Wildman–Crippen MR) is 86.3 cm³/mol. The topological polar surface area (TPSA) is 96.0 Å². The minimum atomic E-state index is -0.273. The lowest BCUT2D eigenvalue weighted by Gasteiger charge is -2.34. The molecule has 1 saturated heterocycles. The first-order chi connectivity index (χ1) is 11.0. The van der Waals surface area contributed by atoms with Gasteiger partial charge in [-0.3, -0.25) is 14.8 Å². The van der Waals surface area contributed by atoms with E-state index >= 15 is 0 Å². The molecule has 0 aliphatic carbocycles. The molecule has 1 fully saturated rings. The molecule has 2 N–H and O–H groups in total. The predicted octanol–water partition coefficient (Wildman–Crippen LogP) is 1.28. The van der Waals surface area contributed by atoms with Gasteiger partial charge in [-0.15, -0.1) is 11.3 Å². The van der Waals surface area contributed by atoms with Crippen LogP contribution in [0.15, 0.2) is 6.20 Å². The van der Waals surface area contributed by atoms with Gasteiger partial charge in [0.2, 0.25) is 5.91 Å². The number of H-pyrrole nitrogens is 1. The largest absolute Gasteiger partial charge is 0.367 e. The number of ether oxygens (including phenoxy) is 1. The Bertz CT molecular complexity index is 684. The van der Waals surface area contributed by atoms with Gasteiger partial charge in [0, 0.05) is 24.2 Å². The molecule has 3 rings (SSSR count). The zero-order chi connectivity index (χ0) is 16.4. The van der Waals surface area contributed by atoms with Crippen molar-refractivity contribution in [1.82, 2.24) is 25.1 Å². The number of aryl methyl sites for hydroxylation is 2. The molecule has 124 valence electrons. The third kappa shape index (κ3) is 3.74. The fourth-order valence-electron chi connectivity index (χ4n) is 2.47. The Kier molecular flexibility index (Phi) is 4.69. The van der Waals surface area contributed by atoms with Crippen LogP contribution in [0.1, 0.15) is 29.6 Å². The summed E-state index contributed by atoms with van der Waals surface area (Å²) in [4.78, 5) is 24.0. The minimum absolute atomic E-state index is 0.0637. The highest BCUT2D eigenvalue weighted by atomic mass is 32.1. The van der Waals surface area contributed by atoms with E-state index in [1.165, 1.54) is 11.3 Å². The van der Waals surface area contributed by atoms with Crippen LogP contribution in [-0.2, 0) is 9.53 Å². The van der Waals surface area contributed by atoms with E-state index < -0.39 is 0 Å². The monoisotopic (exact) mass is 336 g/mol. The standard InChI is InChI=1S/C14H20N6O2S/c1-8-6-15-14(23-8)17-13(21)9(2)20-4-5-22-11(7-20)12-16-10(3)18-19-12/h6,9,11H,4-5,7H2,1-3H3,(H,15,17,21)(H,16,18,19). The summed E-state index contributed by atoms with van der Waals surface area (Å²) >= 11 is 1.47. The summed E-state index contributed by atoms with van der Waals surface area (Å²) in [5.74, 6) is 1.33. The van der Waals surface area contributed by atoms with E-state index in [-0.39, 0.29) is 18.1 Å². The van der Waals surface area contributed by atoms with E-state index in [0.29, 0.717) is 30.7 Å². The minimum Gasteiger partial charge on any atom is -0.367 e. The van der Waals surface area contributed by atoms with Gasteiger partial charge in [-0.1, -0.05) is 0 Å². The number of carbonyl (C=O) groups excluding carboxylic acids is 1. The number of rotatable bonds is 4. The van der Waals surface area contributed by atoms with Crippen molar-refractivity contribution < 1.29 is 9.53 Å². The Labute approximate surface area is 138 Å². The smallest absolute Gasteiger partial charge is 0.243 e. The van der Waals surface area contributed by atoms with Crippen LogP contribution >= 0.6 is 11.3 Å². The molecule has 2 aromatic heterocycles. The summed E-state index contributed by atoms with van der Waals surface area (Å²) in [5.41, 5.74) is 0. The van der Waals surface area contributed by atoms with E-state index in [1.54, 1.807) is 6.20 Å². The maximum Gasteiger partial charge on any atom is 0.243 e. The van der Waals surface area contributed by atoms with Crippen molar-refractivity contribution in [2.24, 2.45) is 0 Å². The van der Waals surface area contributed by atoms with Crippen molar-refractivity contribution >= 4 is 22.4 Å². The molecule has 2 aromatic rings. The fourth-order valence-corrected chi connectivity index (χ4v) is 3.14.